The Bertz CT molecular complexity index is 781. The van der Waals surface area contributed by atoms with Crippen LogP contribution in [0, 0.1) is 6.92 Å². The first-order chi connectivity index (χ1) is 11.6. The Morgan fingerprint density at radius 3 is 2.38 bits per heavy atom. The Morgan fingerprint density at radius 1 is 1.04 bits per heavy atom. The van der Waals surface area contributed by atoms with Crippen LogP contribution in [0.15, 0.2) is 58.6 Å². The molecule has 0 unspecified atom stereocenters. The largest absolute Gasteiger partial charge is 0.355 e. The molecule has 3 heteroatoms. The van der Waals surface area contributed by atoms with Crippen molar-refractivity contribution in [2.45, 2.75) is 27.7 Å². The molecule has 0 aliphatic carbocycles. The fourth-order valence-electron chi connectivity index (χ4n) is 2.60. The average Bonchev–Trinajstić information content (AvgIpc) is 2.60. The van der Waals surface area contributed by atoms with Gasteiger partial charge < -0.3 is 5.32 Å². The Balaban J connectivity index is 2.29. The molecule has 24 heavy (non-hydrogen) atoms. The number of hydrogen-bond donors (Lipinski definition) is 1. The molecule has 2 rings (SSSR count). The lowest BCUT2D eigenvalue weighted by molar-refractivity contribution is 1.36. The highest BCUT2D eigenvalue weighted by Gasteiger charge is 2.08. The zero-order chi connectivity index (χ0) is 17.5. The van der Waals surface area contributed by atoms with Gasteiger partial charge in [0.25, 0.3) is 0 Å². The summed E-state index contributed by atoms with van der Waals surface area (Å²) < 4.78 is 0. The third kappa shape index (κ3) is 4.19. The van der Waals surface area contributed by atoms with Gasteiger partial charge in [-0.25, -0.2) is 0 Å². The van der Waals surface area contributed by atoms with E-state index in [-0.39, 0.29) is 0 Å². The van der Waals surface area contributed by atoms with Crippen molar-refractivity contribution in [2.75, 3.05) is 12.4 Å². The molecule has 0 saturated carbocycles. The normalized spacial score (nSPS) is 12.7. The highest BCUT2D eigenvalue weighted by atomic mass is 14.9. The summed E-state index contributed by atoms with van der Waals surface area (Å²) >= 11 is 0. The molecule has 0 aromatic heterocycles. The van der Waals surface area contributed by atoms with Crippen molar-refractivity contribution in [1.29, 1.82) is 0 Å². The third-order valence-corrected chi connectivity index (χ3v) is 4.01. The van der Waals surface area contributed by atoms with Crippen LogP contribution in [-0.4, -0.2) is 19.0 Å². The van der Waals surface area contributed by atoms with Crippen molar-refractivity contribution in [1.82, 2.24) is 0 Å². The predicted molar refractivity (Wildman–Crippen MR) is 107 cm³/mol. The molecule has 0 bridgehead atoms. The van der Waals surface area contributed by atoms with E-state index in [2.05, 4.69) is 71.6 Å². The van der Waals surface area contributed by atoms with Gasteiger partial charge in [0.1, 0.15) is 0 Å². The molecule has 0 radical (unpaired) electrons. The lowest BCUT2D eigenvalue weighted by atomic mass is 10.0. The second kappa shape index (κ2) is 8.25. The van der Waals surface area contributed by atoms with Crippen molar-refractivity contribution in [2.24, 2.45) is 9.98 Å². The molecule has 124 valence electrons. The van der Waals surface area contributed by atoms with E-state index in [1.54, 1.807) is 6.21 Å². The molecule has 0 aliphatic heterocycles. The summed E-state index contributed by atoms with van der Waals surface area (Å²) in [5.74, 6) is 0. The minimum absolute atomic E-state index is 1.03. The van der Waals surface area contributed by atoms with E-state index in [1.165, 1.54) is 11.1 Å². The van der Waals surface area contributed by atoms with E-state index >= 15 is 0 Å². The van der Waals surface area contributed by atoms with E-state index in [0.717, 1.165) is 28.2 Å². The van der Waals surface area contributed by atoms with Crippen LogP contribution in [0.2, 0.25) is 0 Å². The summed E-state index contributed by atoms with van der Waals surface area (Å²) in [6.45, 7) is 8.13. The van der Waals surface area contributed by atoms with E-state index in [1.807, 2.05) is 27.1 Å². The Hall–Kier alpha value is -2.68. The number of allylic oxidation sites excluding steroid dienone is 1. The van der Waals surface area contributed by atoms with Gasteiger partial charge >= 0.3 is 0 Å². The summed E-state index contributed by atoms with van der Waals surface area (Å²) in [4.78, 5) is 8.52. The minimum atomic E-state index is 1.03. The van der Waals surface area contributed by atoms with Crippen molar-refractivity contribution < 1.29 is 0 Å². The molecule has 0 atom stereocenters. The molecule has 0 spiro atoms. The molecule has 0 amide bonds. The van der Waals surface area contributed by atoms with Crippen LogP contribution < -0.4 is 5.32 Å². The number of aryl methyl sites for hydroxylation is 1. The van der Waals surface area contributed by atoms with Gasteiger partial charge in [0.15, 0.2) is 0 Å². The first-order valence-electron chi connectivity index (χ1n) is 8.12. The zero-order valence-corrected chi connectivity index (χ0v) is 15.1. The molecule has 2 aromatic rings. The van der Waals surface area contributed by atoms with Gasteiger partial charge in [0, 0.05) is 42.1 Å². The van der Waals surface area contributed by atoms with E-state index in [4.69, 9.17) is 0 Å². The predicted octanol–water partition coefficient (Wildman–Crippen LogP) is 5.63. The number of anilines is 2. The number of nitrogens with zero attached hydrogens (tertiary/aromatic N) is 2. The number of nitrogens with one attached hydrogen (secondary N) is 1. The van der Waals surface area contributed by atoms with Gasteiger partial charge in [-0.05, 0) is 62.6 Å². The van der Waals surface area contributed by atoms with Crippen molar-refractivity contribution in [3.05, 3.63) is 65.4 Å². The maximum atomic E-state index is 4.34. The Kier molecular flexibility index (Phi) is 6.07. The van der Waals surface area contributed by atoms with Gasteiger partial charge in [-0.3, -0.25) is 9.98 Å². The number of benzene rings is 2. The summed E-state index contributed by atoms with van der Waals surface area (Å²) in [5, 5.41) is 3.51. The third-order valence-electron chi connectivity index (χ3n) is 4.01. The van der Waals surface area contributed by atoms with Gasteiger partial charge in [0.05, 0.1) is 0 Å². The lowest BCUT2D eigenvalue weighted by Crippen LogP contribution is -2.04. The summed E-state index contributed by atoms with van der Waals surface area (Å²) in [6, 6.07) is 14.7. The topological polar surface area (TPSA) is 36.8 Å². The minimum Gasteiger partial charge on any atom is -0.355 e. The second-order valence-electron chi connectivity index (χ2n) is 5.73. The monoisotopic (exact) mass is 319 g/mol. The molecule has 0 fully saturated rings. The standard InChI is InChI=1S/C21H25N3/c1-6-23-14-16(3)18-10-12-19(13-11-18)24-20-9-7-8-15(2)21(20)17(4)22-5/h6-14,24H,1-5H3/b16-14+,22-17?,23-6?. The molecule has 0 saturated heterocycles. The zero-order valence-electron chi connectivity index (χ0n) is 15.1. The first kappa shape index (κ1) is 17.7. The van der Waals surface area contributed by atoms with Crippen LogP contribution in [0.4, 0.5) is 11.4 Å². The Labute approximate surface area is 144 Å². The fourth-order valence-corrected chi connectivity index (χ4v) is 2.60. The molecular formula is C21H25N3. The molecule has 2 aromatic carbocycles. The van der Waals surface area contributed by atoms with E-state index in [9.17, 15) is 0 Å². The molecule has 1 N–H and O–H groups in total. The van der Waals surface area contributed by atoms with Crippen LogP contribution in [0.25, 0.3) is 5.57 Å². The number of aliphatic imine (C=N–C) groups is 2. The summed E-state index contributed by atoms with van der Waals surface area (Å²) in [7, 11) is 1.83. The maximum Gasteiger partial charge on any atom is 0.0478 e. The van der Waals surface area contributed by atoms with Gasteiger partial charge in [0.2, 0.25) is 0 Å². The maximum absolute atomic E-state index is 4.34. The van der Waals surface area contributed by atoms with Crippen molar-refractivity contribution in [3.8, 4) is 0 Å². The first-order valence-corrected chi connectivity index (χ1v) is 8.12. The lowest BCUT2D eigenvalue weighted by Gasteiger charge is -2.15. The van der Waals surface area contributed by atoms with Gasteiger partial charge in [-0.15, -0.1) is 0 Å². The second-order valence-corrected chi connectivity index (χ2v) is 5.73. The van der Waals surface area contributed by atoms with Gasteiger partial charge in [-0.1, -0.05) is 24.3 Å². The van der Waals surface area contributed by atoms with Crippen LogP contribution in [0.3, 0.4) is 0 Å². The quantitative estimate of drug-likeness (QED) is 0.712. The summed E-state index contributed by atoms with van der Waals surface area (Å²) in [6.07, 6.45) is 3.67. The molecule has 0 heterocycles. The van der Waals surface area contributed by atoms with Crippen LogP contribution in [0.1, 0.15) is 37.5 Å². The molecule has 3 nitrogen and oxygen atoms in total. The highest BCUT2D eigenvalue weighted by Crippen LogP contribution is 2.25. The van der Waals surface area contributed by atoms with Crippen molar-refractivity contribution >= 4 is 28.9 Å². The number of rotatable bonds is 5. The van der Waals surface area contributed by atoms with Crippen LogP contribution in [0.5, 0.6) is 0 Å². The Morgan fingerprint density at radius 2 is 1.75 bits per heavy atom. The van der Waals surface area contributed by atoms with Gasteiger partial charge in [-0.2, -0.15) is 0 Å². The SMILES string of the molecule is CC=N/C=C(\C)c1ccc(Nc2cccc(C)c2C(C)=NC)cc1. The van der Waals surface area contributed by atoms with Crippen LogP contribution >= 0.6 is 0 Å². The molecular weight excluding hydrogens is 294 g/mol. The van der Waals surface area contributed by atoms with Crippen LogP contribution in [-0.2, 0) is 0 Å². The smallest absolute Gasteiger partial charge is 0.0478 e. The average molecular weight is 319 g/mol. The molecule has 0 aliphatic rings. The van der Waals surface area contributed by atoms with Crippen molar-refractivity contribution in [3.63, 3.8) is 0 Å². The number of hydrogen-bond acceptors (Lipinski definition) is 3. The summed E-state index contributed by atoms with van der Waals surface area (Å²) in [5.41, 5.74) is 7.86. The van der Waals surface area contributed by atoms with E-state index < -0.39 is 0 Å². The highest BCUT2D eigenvalue weighted by molar-refractivity contribution is 6.05. The van der Waals surface area contributed by atoms with E-state index in [0.29, 0.717) is 0 Å². The fraction of sp³-hybridized carbons (Fsp3) is 0.238.